The lowest BCUT2D eigenvalue weighted by Crippen LogP contribution is -1.85. The Labute approximate surface area is 164 Å². The Morgan fingerprint density at radius 2 is 1.61 bits per heavy atom. The highest BCUT2D eigenvalue weighted by Gasteiger charge is 2.11. The minimum absolute atomic E-state index is 0.257. The molecule has 144 valence electrons. The standard InChI is InChI=1S/C19H14FN3.C3H8.CH2O/c1-12-6-2-3-7-14(12)18-22-17-10-13(11-21-19(17)23-18)15-8-4-5-9-16(15)20;1-3-2;1-2/h2-11H,1H3,(H,21,22,23);3H2,1-2H3;1H2. The second-order valence-electron chi connectivity index (χ2n) is 6.18. The molecule has 0 saturated heterocycles. The number of nitrogens with one attached hydrogen (secondary N) is 1. The third-order valence-corrected chi connectivity index (χ3v) is 3.92. The van der Waals surface area contributed by atoms with E-state index in [1.807, 2.05) is 50.1 Å². The Bertz CT molecular complexity index is 999. The third kappa shape index (κ3) is 4.68. The predicted octanol–water partition coefficient (Wildman–Crippen LogP) is 5.97. The van der Waals surface area contributed by atoms with Gasteiger partial charge in [-0.05, 0) is 24.6 Å². The molecule has 5 heteroatoms. The molecule has 4 rings (SSSR count). The van der Waals surface area contributed by atoms with Gasteiger partial charge in [0.1, 0.15) is 18.4 Å². The fourth-order valence-electron chi connectivity index (χ4n) is 2.71. The van der Waals surface area contributed by atoms with Crippen LogP contribution >= 0.6 is 0 Å². The van der Waals surface area contributed by atoms with E-state index in [2.05, 4.69) is 28.8 Å². The lowest BCUT2D eigenvalue weighted by Gasteiger charge is -2.02. The van der Waals surface area contributed by atoms with E-state index in [0.29, 0.717) is 11.2 Å². The zero-order chi connectivity index (χ0) is 20.5. The number of rotatable bonds is 2. The Balaban J connectivity index is 0.000000514. The molecule has 0 aliphatic heterocycles. The van der Waals surface area contributed by atoms with Crippen LogP contribution in [0.15, 0.2) is 60.8 Å². The third-order valence-electron chi connectivity index (χ3n) is 3.92. The van der Waals surface area contributed by atoms with E-state index in [9.17, 15) is 4.39 Å². The number of aromatic amines is 1. The summed E-state index contributed by atoms with van der Waals surface area (Å²) in [5.41, 5.74) is 4.87. The van der Waals surface area contributed by atoms with Crippen LogP contribution in [0.4, 0.5) is 4.39 Å². The van der Waals surface area contributed by atoms with Gasteiger partial charge in [0, 0.05) is 22.9 Å². The van der Waals surface area contributed by atoms with E-state index in [1.165, 1.54) is 12.5 Å². The Hall–Kier alpha value is -3.34. The highest BCUT2D eigenvalue weighted by atomic mass is 19.1. The van der Waals surface area contributed by atoms with Crippen molar-refractivity contribution in [1.82, 2.24) is 15.0 Å². The van der Waals surface area contributed by atoms with Crippen LogP contribution in [0.5, 0.6) is 0 Å². The van der Waals surface area contributed by atoms with Crippen LogP contribution in [0.3, 0.4) is 0 Å². The first kappa shape index (κ1) is 21.0. The number of fused-ring (bicyclic) bond motifs is 1. The Morgan fingerprint density at radius 3 is 2.25 bits per heavy atom. The number of aryl methyl sites for hydroxylation is 1. The molecule has 4 aromatic rings. The molecule has 4 nitrogen and oxygen atoms in total. The zero-order valence-electron chi connectivity index (χ0n) is 16.4. The van der Waals surface area contributed by atoms with Crippen molar-refractivity contribution in [2.24, 2.45) is 0 Å². The molecule has 0 aliphatic carbocycles. The summed E-state index contributed by atoms with van der Waals surface area (Å²) in [7, 11) is 0. The normalized spacial score (nSPS) is 9.86. The van der Waals surface area contributed by atoms with Crippen molar-refractivity contribution < 1.29 is 9.18 Å². The summed E-state index contributed by atoms with van der Waals surface area (Å²) in [5, 5.41) is 0. The Morgan fingerprint density at radius 1 is 1.00 bits per heavy atom. The van der Waals surface area contributed by atoms with Gasteiger partial charge in [-0.2, -0.15) is 0 Å². The largest absolute Gasteiger partial charge is 0.337 e. The maximum atomic E-state index is 13.9. The molecule has 0 aliphatic rings. The molecule has 2 heterocycles. The van der Waals surface area contributed by atoms with Crippen molar-refractivity contribution in [3.05, 3.63) is 72.2 Å². The van der Waals surface area contributed by atoms with Crippen LogP contribution in [0, 0.1) is 12.7 Å². The number of pyridine rings is 1. The molecule has 2 aromatic heterocycles. The van der Waals surface area contributed by atoms with E-state index in [4.69, 9.17) is 4.79 Å². The van der Waals surface area contributed by atoms with Gasteiger partial charge in [0.25, 0.3) is 0 Å². The molecule has 0 fully saturated rings. The van der Waals surface area contributed by atoms with Gasteiger partial charge in [-0.25, -0.2) is 14.4 Å². The molecule has 0 amide bonds. The van der Waals surface area contributed by atoms with Gasteiger partial charge in [0.05, 0.1) is 5.52 Å². The Kier molecular flexibility index (Phi) is 7.57. The second kappa shape index (κ2) is 10.1. The molecular weight excluding hydrogens is 353 g/mol. The molecule has 0 unspecified atom stereocenters. The van der Waals surface area contributed by atoms with E-state index in [0.717, 1.165) is 28.0 Å². The van der Waals surface area contributed by atoms with Gasteiger partial charge in [-0.15, -0.1) is 0 Å². The summed E-state index contributed by atoms with van der Waals surface area (Å²) < 4.78 is 13.9. The number of H-pyrrole nitrogens is 1. The van der Waals surface area contributed by atoms with Crippen LogP contribution in [0.2, 0.25) is 0 Å². The van der Waals surface area contributed by atoms with Gasteiger partial charge in [0.15, 0.2) is 5.65 Å². The van der Waals surface area contributed by atoms with Crippen LogP contribution in [-0.2, 0) is 4.79 Å². The summed E-state index contributed by atoms with van der Waals surface area (Å²) in [4.78, 5) is 20.2. The zero-order valence-corrected chi connectivity index (χ0v) is 16.4. The first-order valence-corrected chi connectivity index (χ1v) is 9.09. The minimum Gasteiger partial charge on any atom is -0.337 e. The SMILES string of the molecule is C=O.CCC.Cc1ccccc1-c1nc2ncc(-c3ccccc3F)cc2[nH]1. The second-order valence-corrected chi connectivity index (χ2v) is 6.18. The number of carbonyl (C=O) groups excluding carboxylic acids is 1. The highest BCUT2D eigenvalue weighted by Crippen LogP contribution is 2.27. The molecule has 1 N–H and O–H groups in total. The number of carbonyl (C=O) groups is 1. The highest BCUT2D eigenvalue weighted by molar-refractivity contribution is 5.81. The van der Waals surface area contributed by atoms with Crippen LogP contribution in [0.1, 0.15) is 25.8 Å². The first-order chi connectivity index (χ1) is 13.6. The molecule has 0 bridgehead atoms. The molecule has 0 radical (unpaired) electrons. The van der Waals surface area contributed by atoms with Crippen molar-refractivity contribution in [2.75, 3.05) is 0 Å². The lowest BCUT2D eigenvalue weighted by molar-refractivity contribution is -0.0979. The first-order valence-electron chi connectivity index (χ1n) is 9.09. The van der Waals surface area contributed by atoms with Crippen LogP contribution < -0.4 is 0 Å². The van der Waals surface area contributed by atoms with Gasteiger partial charge in [-0.3, -0.25) is 0 Å². The predicted molar refractivity (Wildman–Crippen MR) is 113 cm³/mol. The number of hydrogen-bond donors (Lipinski definition) is 1. The molecule has 0 saturated carbocycles. The fourth-order valence-corrected chi connectivity index (χ4v) is 2.71. The van der Waals surface area contributed by atoms with E-state index in [1.54, 1.807) is 18.3 Å². The van der Waals surface area contributed by atoms with Crippen LogP contribution in [0.25, 0.3) is 33.7 Å². The summed E-state index contributed by atoms with van der Waals surface area (Å²) in [6, 6.07) is 16.6. The summed E-state index contributed by atoms with van der Waals surface area (Å²) in [6.45, 7) is 8.29. The maximum absolute atomic E-state index is 13.9. The molecule has 0 atom stereocenters. The summed E-state index contributed by atoms with van der Waals surface area (Å²) in [6.07, 6.45) is 2.91. The number of benzene rings is 2. The van der Waals surface area contributed by atoms with Gasteiger partial charge in [0.2, 0.25) is 0 Å². The van der Waals surface area contributed by atoms with Crippen molar-refractivity contribution in [1.29, 1.82) is 0 Å². The summed E-state index contributed by atoms with van der Waals surface area (Å²) >= 11 is 0. The van der Waals surface area contributed by atoms with E-state index < -0.39 is 0 Å². The van der Waals surface area contributed by atoms with Gasteiger partial charge in [-0.1, -0.05) is 62.7 Å². The number of hydrogen-bond acceptors (Lipinski definition) is 3. The van der Waals surface area contributed by atoms with Crippen molar-refractivity contribution in [3.8, 4) is 22.5 Å². The fraction of sp³-hybridized carbons (Fsp3) is 0.174. The van der Waals surface area contributed by atoms with Gasteiger partial charge < -0.3 is 9.78 Å². The average molecular weight is 377 g/mol. The van der Waals surface area contributed by atoms with Crippen molar-refractivity contribution in [2.45, 2.75) is 27.2 Å². The van der Waals surface area contributed by atoms with Gasteiger partial charge >= 0.3 is 0 Å². The monoisotopic (exact) mass is 377 g/mol. The molecule has 0 spiro atoms. The maximum Gasteiger partial charge on any atom is 0.178 e. The topological polar surface area (TPSA) is 58.6 Å². The number of halogens is 1. The quantitative estimate of drug-likeness (QED) is 0.468. The molecular formula is C23H24FN3O. The van der Waals surface area contributed by atoms with Crippen molar-refractivity contribution in [3.63, 3.8) is 0 Å². The molecule has 28 heavy (non-hydrogen) atoms. The van der Waals surface area contributed by atoms with Crippen molar-refractivity contribution >= 4 is 18.0 Å². The number of imidazole rings is 1. The van der Waals surface area contributed by atoms with Crippen LogP contribution in [-0.4, -0.2) is 21.7 Å². The lowest BCUT2D eigenvalue weighted by atomic mass is 10.1. The smallest absolute Gasteiger partial charge is 0.178 e. The molecule has 2 aromatic carbocycles. The van der Waals surface area contributed by atoms with E-state index in [-0.39, 0.29) is 5.82 Å². The number of aromatic nitrogens is 3. The summed E-state index contributed by atoms with van der Waals surface area (Å²) in [5.74, 6) is 0.517. The number of nitrogens with zero attached hydrogens (tertiary/aromatic N) is 2. The average Bonchev–Trinajstić information content (AvgIpc) is 3.14. The minimum atomic E-state index is -0.257. The van der Waals surface area contributed by atoms with E-state index >= 15 is 0 Å².